The molecule has 2 aromatic rings. The number of carbonyl (C=O) groups excluding carboxylic acids is 8. The fourth-order valence-electron chi connectivity index (χ4n) is 10.0. The quantitative estimate of drug-likeness (QED) is 0.0439. The topological polar surface area (TPSA) is 256 Å². The number of likely N-dealkylation sites (N-methyl/N-ethyl adjacent to an activating group) is 1. The molecule has 18 nitrogen and oxygen atoms in total. The molecule has 414 valence electrons. The molecule has 0 aliphatic carbocycles. The summed E-state index contributed by atoms with van der Waals surface area (Å²) in [5.74, 6) is -4.32. The Morgan fingerprint density at radius 1 is 0.907 bits per heavy atom. The first kappa shape index (κ1) is 61.9. The smallest absolute Gasteiger partial charge is 0.306 e. The first-order valence-corrected chi connectivity index (χ1v) is 27.7. The van der Waals surface area contributed by atoms with Crippen molar-refractivity contribution in [2.45, 2.75) is 174 Å². The molecular weight excluding hydrogens is 979 g/mol. The Balaban J connectivity index is 1.39. The second-order valence-corrected chi connectivity index (χ2v) is 21.9. The lowest BCUT2D eigenvalue weighted by Gasteiger charge is -2.37. The van der Waals surface area contributed by atoms with E-state index in [0.717, 1.165) is 42.7 Å². The number of Topliss-reactive ketones (excluding diaryl/α,β-unsaturated/α-hetero) is 2. The number of nitrogens with one attached hydrogen (secondary N) is 2. The van der Waals surface area contributed by atoms with Crippen LogP contribution in [0.15, 0.2) is 41.8 Å². The van der Waals surface area contributed by atoms with Gasteiger partial charge in [0.2, 0.25) is 17.7 Å². The molecule has 0 spiro atoms. The van der Waals surface area contributed by atoms with E-state index in [9.17, 15) is 48.3 Å². The van der Waals surface area contributed by atoms with Gasteiger partial charge in [0.05, 0.1) is 18.0 Å². The highest BCUT2D eigenvalue weighted by molar-refractivity contribution is 7.09. The Kier molecular flexibility index (Phi) is 25.4. The van der Waals surface area contributed by atoms with Crippen LogP contribution in [-0.2, 0) is 55.9 Å². The minimum Gasteiger partial charge on any atom is -0.481 e. The number of methoxy groups -OCH3 is 1. The molecule has 1 aromatic heterocycles. The standard InChI is InChI=1S/C56H83N7O11S/c1-9-36(4)41(32-47(65)44-18-14-16-27-61(44)6)55(71)62(7)45(35(2)3)33-48(74-8)54-60-43(34-75-54)53(70)58-40(29-37(5)56(72)73)30-38-21-23-39(24-22-38)31-46(64)42(17-12-13-19-49(57)66)59-50(67)20-11-10-15-28-63-51(68)25-26-52(63)69/h21-26,34-37,40-42,44-45,48H,9-20,27-33H2,1-8H3,(H2,57,66)(H,58,70)(H,59,67)(H,72,73)/t36-,37?,40+,41-,42-,44+,45+,48+/m0/s1. The lowest BCUT2D eigenvalue weighted by atomic mass is 9.83. The molecule has 3 heterocycles. The van der Waals surface area contributed by atoms with Crippen LogP contribution in [0.4, 0.5) is 0 Å². The lowest BCUT2D eigenvalue weighted by Crippen LogP contribution is -2.48. The van der Waals surface area contributed by atoms with Gasteiger partial charge >= 0.3 is 5.97 Å². The number of nitrogens with two attached hydrogens (primary N) is 1. The van der Waals surface area contributed by atoms with Crippen molar-refractivity contribution in [3.8, 4) is 0 Å². The number of hydrogen-bond donors (Lipinski definition) is 4. The molecule has 1 fully saturated rings. The van der Waals surface area contributed by atoms with Gasteiger partial charge in [-0.15, -0.1) is 11.3 Å². The van der Waals surface area contributed by atoms with Gasteiger partial charge in [-0.1, -0.05) is 84.6 Å². The van der Waals surface area contributed by atoms with Crippen LogP contribution in [0.3, 0.4) is 0 Å². The van der Waals surface area contributed by atoms with Crippen molar-refractivity contribution < 1.29 is 53.0 Å². The van der Waals surface area contributed by atoms with Crippen molar-refractivity contribution >= 4 is 64.3 Å². The number of piperidine rings is 1. The van der Waals surface area contributed by atoms with Gasteiger partial charge < -0.3 is 31.1 Å². The van der Waals surface area contributed by atoms with Crippen LogP contribution in [0.25, 0.3) is 0 Å². The average Bonchev–Trinajstić information content (AvgIpc) is 3.99. The van der Waals surface area contributed by atoms with Crippen LogP contribution in [0.5, 0.6) is 0 Å². The van der Waals surface area contributed by atoms with Gasteiger partial charge in [0.25, 0.3) is 17.7 Å². The fraction of sp³-hybridized carbons (Fsp3) is 0.643. The number of ether oxygens (including phenoxy) is 1. The molecule has 2 aliphatic rings. The van der Waals surface area contributed by atoms with Crippen LogP contribution in [0.1, 0.15) is 164 Å². The molecule has 6 amide bonds. The Morgan fingerprint density at radius 3 is 2.19 bits per heavy atom. The number of nitrogens with zero attached hydrogens (tertiary/aromatic N) is 4. The number of unbranched alkanes of at least 4 members (excludes halogenated alkanes) is 3. The number of rotatable bonds is 34. The number of primary amides is 1. The average molecular weight is 1060 g/mol. The van der Waals surface area contributed by atoms with Crippen molar-refractivity contribution in [2.75, 3.05) is 34.3 Å². The summed E-state index contributed by atoms with van der Waals surface area (Å²) < 4.78 is 5.98. The number of carboxylic acids is 1. The molecule has 2 aliphatic heterocycles. The Bertz CT molecular complexity index is 2280. The number of hydrogen-bond acceptors (Lipinski definition) is 13. The molecule has 1 aromatic carbocycles. The lowest BCUT2D eigenvalue weighted by molar-refractivity contribution is -0.143. The van der Waals surface area contributed by atoms with Gasteiger partial charge in [0.15, 0.2) is 11.6 Å². The molecule has 4 rings (SSSR count). The summed E-state index contributed by atoms with van der Waals surface area (Å²) in [5.41, 5.74) is 6.94. The highest BCUT2D eigenvalue weighted by Gasteiger charge is 2.37. The molecule has 1 unspecified atom stereocenters. The van der Waals surface area contributed by atoms with E-state index in [4.69, 9.17) is 15.5 Å². The van der Waals surface area contributed by atoms with Crippen LogP contribution in [0.2, 0.25) is 0 Å². The third kappa shape index (κ3) is 19.5. The SMILES string of the molecule is CC[C@H](C)[C@H](CC(=O)[C@H]1CCCCN1C)C(=O)N(C)[C@H](C[C@@H](OC)c1nc(C(=O)N[C@@H](Cc2ccc(CC(=O)[C@H](CCCCC(N)=O)NC(=O)CCCCCN3C(=O)C=CC3=O)cc2)CC(C)C(=O)O)cs1)C(C)C. The number of carbonyl (C=O) groups is 9. The molecule has 0 bridgehead atoms. The van der Waals surface area contributed by atoms with Gasteiger partial charge in [-0.05, 0) is 87.9 Å². The van der Waals surface area contributed by atoms with Crippen molar-refractivity contribution in [1.82, 2.24) is 30.3 Å². The summed E-state index contributed by atoms with van der Waals surface area (Å²) in [5, 5.41) is 17.9. The summed E-state index contributed by atoms with van der Waals surface area (Å²) in [7, 11) is 5.35. The Hall–Kier alpha value is -5.66. The summed E-state index contributed by atoms with van der Waals surface area (Å²) in [4.78, 5) is 125. The Labute approximate surface area is 447 Å². The maximum Gasteiger partial charge on any atom is 0.306 e. The van der Waals surface area contributed by atoms with Crippen molar-refractivity contribution in [3.63, 3.8) is 0 Å². The molecular formula is C56H83N7O11S. The van der Waals surface area contributed by atoms with E-state index in [1.54, 1.807) is 43.5 Å². The monoisotopic (exact) mass is 1060 g/mol. The first-order valence-electron chi connectivity index (χ1n) is 26.9. The van der Waals surface area contributed by atoms with E-state index in [-0.39, 0.29) is 110 Å². The van der Waals surface area contributed by atoms with Crippen molar-refractivity contribution in [3.05, 3.63) is 63.6 Å². The number of thiazole rings is 1. The van der Waals surface area contributed by atoms with E-state index in [1.807, 2.05) is 46.9 Å². The number of amides is 6. The Morgan fingerprint density at radius 2 is 1.57 bits per heavy atom. The maximum atomic E-state index is 14.4. The molecule has 19 heteroatoms. The van der Waals surface area contributed by atoms with Gasteiger partial charge in [-0.25, -0.2) is 4.98 Å². The van der Waals surface area contributed by atoms with Crippen LogP contribution < -0.4 is 16.4 Å². The van der Waals surface area contributed by atoms with Gasteiger partial charge in [0, 0.05) is 88.3 Å². The van der Waals surface area contributed by atoms with Gasteiger partial charge in [0.1, 0.15) is 16.8 Å². The molecule has 0 saturated carbocycles. The van der Waals surface area contributed by atoms with Crippen LogP contribution >= 0.6 is 11.3 Å². The van der Waals surface area contributed by atoms with E-state index < -0.39 is 47.8 Å². The number of imide groups is 1. The number of aliphatic carboxylic acids is 1. The number of benzene rings is 1. The van der Waals surface area contributed by atoms with E-state index in [2.05, 4.69) is 15.5 Å². The number of carboxylic acid groups (broad SMARTS) is 1. The first-order chi connectivity index (χ1) is 35.6. The third-order valence-electron chi connectivity index (χ3n) is 15.0. The maximum absolute atomic E-state index is 14.4. The highest BCUT2D eigenvalue weighted by Crippen LogP contribution is 2.32. The zero-order valence-corrected chi connectivity index (χ0v) is 46.3. The molecule has 8 atom stereocenters. The largest absolute Gasteiger partial charge is 0.481 e. The molecule has 5 N–H and O–H groups in total. The minimum absolute atomic E-state index is 0.00330. The molecule has 0 radical (unpaired) electrons. The van der Waals surface area contributed by atoms with E-state index in [0.29, 0.717) is 55.5 Å². The van der Waals surface area contributed by atoms with Gasteiger partial charge in [-0.3, -0.25) is 53.0 Å². The summed E-state index contributed by atoms with van der Waals surface area (Å²) in [6, 6.07) is 5.38. The third-order valence-corrected chi connectivity index (χ3v) is 15.9. The minimum atomic E-state index is -1.01. The second kappa shape index (κ2) is 30.8. The van der Waals surface area contributed by atoms with Crippen molar-refractivity contribution in [2.24, 2.45) is 29.4 Å². The normalized spacial score (nSPS) is 17.7. The number of aromatic nitrogens is 1. The molecule has 1 saturated heterocycles. The predicted molar refractivity (Wildman–Crippen MR) is 286 cm³/mol. The fourth-order valence-corrected chi connectivity index (χ4v) is 10.9. The van der Waals surface area contributed by atoms with Crippen molar-refractivity contribution in [1.29, 1.82) is 0 Å². The van der Waals surface area contributed by atoms with Gasteiger partial charge in [-0.2, -0.15) is 0 Å². The second-order valence-electron chi connectivity index (χ2n) is 21.1. The van der Waals surface area contributed by atoms with E-state index >= 15 is 0 Å². The van der Waals surface area contributed by atoms with Crippen LogP contribution in [-0.4, -0.2) is 136 Å². The predicted octanol–water partition coefficient (Wildman–Crippen LogP) is 6.39. The number of ketones is 2. The number of likely N-dealkylation sites (tertiary alicyclic amines) is 1. The zero-order chi connectivity index (χ0) is 55.4. The highest BCUT2D eigenvalue weighted by atomic mass is 32.1. The van der Waals surface area contributed by atoms with Crippen LogP contribution in [0, 0.1) is 23.7 Å². The summed E-state index contributed by atoms with van der Waals surface area (Å²) in [6.45, 7) is 10.9. The molecule has 75 heavy (non-hydrogen) atoms. The summed E-state index contributed by atoms with van der Waals surface area (Å²) >= 11 is 1.27. The zero-order valence-electron chi connectivity index (χ0n) is 45.5. The van der Waals surface area contributed by atoms with E-state index in [1.165, 1.54) is 23.5 Å². The summed E-state index contributed by atoms with van der Waals surface area (Å²) in [6.07, 6.45) is 9.78.